The first kappa shape index (κ1) is 35.5. The monoisotopic (exact) mass is 840 g/mol. The van der Waals surface area contributed by atoms with Gasteiger partial charge >= 0.3 is 5.97 Å². The summed E-state index contributed by atoms with van der Waals surface area (Å²) in [6.07, 6.45) is 3.76. The lowest BCUT2D eigenvalue weighted by Gasteiger charge is -2.04. The molecule has 0 saturated carbocycles. The molecule has 0 saturated heterocycles. The Kier molecular flexibility index (Phi) is 10.5. The molecular weight excluding hydrogens is 809 g/mol. The second-order valence-corrected chi connectivity index (χ2v) is 13.4. The van der Waals surface area contributed by atoms with E-state index in [0.29, 0.717) is 5.39 Å². The Morgan fingerprint density at radius 1 is 0.698 bits per heavy atom. The van der Waals surface area contributed by atoms with Crippen LogP contribution in [-0.4, -0.2) is 65.3 Å². The normalized spacial score (nSPS) is 11.0. The summed E-state index contributed by atoms with van der Waals surface area (Å²) in [5.74, 6) is -1.03. The Balaban J connectivity index is 0.000000172. The molecule has 53 heavy (non-hydrogen) atoms. The second kappa shape index (κ2) is 15.8. The molecule has 0 unspecified atom stereocenters. The van der Waals surface area contributed by atoms with Gasteiger partial charge in [0.2, 0.25) is 0 Å². The highest BCUT2D eigenvalue weighted by atomic mass is 79.9. The third kappa shape index (κ3) is 7.66. The van der Waals surface area contributed by atoms with Gasteiger partial charge in [-0.3, -0.25) is 18.5 Å². The number of nitrogens with zero attached hydrogens (tertiary/aromatic N) is 8. The summed E-state index contributed by atoms with van der Waals surface area (Å²) in [7, 11) is 4.09. The van der Waals surface area contributed by atoms with Gasteiger partial charge in [-0.1, -0.05) is 56.1 Å². The summed E-state index contributed by atoms with van der Waals surface area (Å²) < 4.78 is 29.2. The largest absolute Gasteiger partial charge is 0.464 e. The van der Waals surface area contributed by atoms with Crippen molar-refractivity contribution in [3.8, 4) is 33.9 Å². The zero-order chi connectivity index (χ0) is 38.5. The van der Waals surface area contributed by atoms with Crippen molar-refractivity contribution in [3.05, 3.63) is 130 Å². The number of methoxy groups -OCH3 is 1. The van der Waals surface area contributed by atoms with Crippen molar-refractivity contribution in [1.82, 2.24) is 39.1 Å². The maximum absolute atomic E-state index is 12.3. The molecule has 4 aromatic heterocycles. The molecule has 12 nitrogen and oxygen atoms in total. The van der Waals surface area contributed by atoms with Crippen molar-refractivity contribution in [2.24, 2.45) is 19.8 Å². The van der Waals surface area contributed by atoms with Gasteiger partial charge in [-0.15, -0.1) is 0 Å². The van der Waals surface area contributed by atoms with Crippen LogP contribution in [-0.2, 0) is 18.8 Å². The predicted octanol–water partition coefficient (Wildman–Crippen LogP) is 7.85. The highest BCUT2D eigenvalue weighted by Crippen LogP contribution is 2.30. The van der Waals surface area contributed by atoms with Crippen LogP contribution >= 0.6 is 31.9 Å². The van der Waals surface area contributed by atoms with E-state index in [2.05, 4.69) is 52.3 Å². The molecular formula is C38H32Br2FN9O3. The molecule has 4 aromatic carbocycles. The molecule has 1 amide bonds. The number of carbonyl (C=O) groups excluding carboxylic acids is 2. The van der Waals surface area contributed by atoms with Crippen molar-refractivity contribution < 1.29 is 20.1 Å². The molecule has 0 aliphatic carbocycles. The van der Waals surface area contributed by atoms with Crippen LogP contribution in [0, 0.1) is 0 Å². The Bertz CT molecular complexity index is 2630. The van der Waals surface area contributed by atoms with Crippen molar-refractivity contribution in [1.29, 1.82) is 0 Å². The fraction of sp³-hybridized carbons (Fsp3) is 0.105. The summed E-state index contributed by atoms with van der Waals surface area (Å²) >= 11 is 6.93. The number of carbonyl (C=O) groups is 2. The van der Waals surface area contributed by atoms with Crippen LogP contribution < -0.4 is 5.73 Å². The van der Waals surface area contributed by atoms with E-state index in [4.69, 9.17) is 11.8 Å². The van der Waals surface area contributed by atoms with Gasteiger partial charge in [0.25, 0.3) is 5.91 Å². The van der Waals surface area contributed by atoms with E-state index in [9.17, 15) is 14.0 Å². The minimum atomic E-state index is -1.00. The average molecular weight is 843 g/mol. The molecule has 2 N–H and O–H groups in total. The van der Waals surface area contributed by atoms with E-state index >= 15 is 0 Å². The standard InChI is InChI=1S/C19H15BrN4O2.C18H14BrN5O.CH3F/c1-23-9-8-16(21-23)12-6-7-17-15(10-12)18(19(25)26-2)22-24(17)14-5-3-4-13(20)11-14;1-23-8-7-15(21-23)11-5-6-16-14(9-11)17(18(20)25)22-24(16)13-4-2-3-12(19)10-13;1-2/h3-11H,1-2H3;2-10H,1H3,(H2,20,25);1H3/i;;1D. The maximum Gasteiger partial charge on any atom is 0.359 e. The highest BCUT2D eigenvalue weighted by Gasteiger charge is 2.20. The van der Waals surface area contributed by atoms with E-state index < -0.39 is 19.0 Å². The summed E-state index contributed by atoms with van der Waals surface area (Å²) in [6, 6.07) is 30.9. The first-order chi connectivity index (χ1) is 26.0. The van der Waals surface area contributed by atoms with Gasteiger partial charge in [-0.05, 0) is 72.8 Å². The number of aryl methyl sites for hydroxylation is 2. The molecule has 0 aliphatic rings. The number of hydrogen-bond donors (Lipinski definition) is 1. The molecule has 4 heterocycles. The smallest absolute Gasteiger partial charge is 0.359 e. The zero-order valence-corrected chi connectivity index (χ0v) is 31.8. The molecule has 268 valence electrons. The van der Waals surface area contributed by atoms with Gasteiger partial charge < -0.3 is 10.5 Å². The highest BCUT2D eigenvalue weighted by molar-refractivity contribution is 9.10. The van der Waals surface area contributed by atoms with Crippen LogP contribution in [0.25, 0.3) is 55.7 Å². The first-order valence-corrected chi connectivity index (χ1v) is 17.4. The van der Waals surface area contributed by atoms with Gasteiger partial charge in [0, 0.05) is 57.3 Å². The Morgan fingerprint density at radius 3 is 1.55 bits per heavy atom. The van der Waals surface area contributed by atoms with Crippen LogP contribution in [0.15, 0.2) is 118 Å². The number of alkyl halides is 1. The lowest BCUT2D eigenvalue weighted by atomic mass is 10.1. The number of fused-ring (bicyclic) bond motifs is 2. The van der Waals surface area contributed by atoms with Crippen molar-refractivity contribution in [2.45, 2.75) is 0 Å². The number of ether oxygens (including phenoxy) is 1. The number of halogens is 3. The molecule has 0 atom stereocenters. The molecule has 0 spiro atoms. The number of nitrogens with two attached hydrogens (primary N) is 1. The van der Waals surface area contributed by atoms with Gasteiger partial charge in [0.1, 0.15) is 0 Å². The fourth-order valence-electron chi connectivity index (χ4n) is 5.73. The number of amides is 1. The Morgan fingerprint density at radius 2 is 1.15 bits per heavy atom. The molecule has 15 heteroatoms. The summed E-state index contributed by atoms with van der Waals surface area (Å²) in [4.78, 5) is 24.2. The zero-order valence-electron chi connectivity index (χ0n) is 29.6. The molecule has 0 aliphatic heterocycles. The van der Waals surface area contributed by atoms with Crippen LogP contribution in [0.5, 0.6) is 0 Å². The van der Waals surface area contributed by atoms with E-state index in [-0.39, 0.29) is 11.4 Å². The van der Waals surface area contributed by atoms with Crippen LogP contribution in [0.3, 0.4) is 0 Å². The van der Waals surface area contributed by atoms with E-state index in [1.807, 2.05) is 124 Å². The third-order valence-corrected chi connectivity index (χ3v) is 9.08. The van der Waals surface area contributed by atoms with Crippen molar-refractivity contribution in [2.75, 3.05) is 14.3 Å². The number of benzene rings is 4. The number of aromatic nitrogens is 8. The molecule has 0 fully saturated rings. The minimum Gasteiger partial charge on any atom is -0.464 e. The average Bonchev–Trinajstić information content (AvgIpc) is 3.96. The van der Waals surface area contributed by atoms with E-state index in [0.717, 1.165) is 59.3 Å². The van der Waals surface area contributed by atoms with Gasteiger partial charge in [0.05, 0.1) is 49.4 Å². The lowest BCUT2D eigenvalue weighted by Crippen LogP contribution is -2.12. The third-order valence-electron chi connectivity index (χ3n) is 8.10. The van der Waals surface area contributed by atoms with Crippen molar-refractivity contribution in [3.63, 3.8) is 0 Å². The fourth-order valence-corrected chi connectivity index (χ4v) is 6.51. The predicted molar refractivity (Wildman–Crippen MR) is 209 cm³/mol. The van der Waals surface area contributed by atoms with Gasteiger partial charge in [0.15, 0.2) is 11.4 Å². The molecule has 0 radical (unpaired) electrons. The molecule has 8 aromatic rings. The SMILES string of the molecule is COC(=O)c1nn(-c2cccc(Br)c2)c2ccc(-c3ccn(C)n3)cc12.Cn1ccc(-c2ccc3c(c2)c(C(N)=O)nn3-c2cccc(Br)c2)n1.[2H]CF. The summed E-state index contributed by atoms with van der Waals surface area (Å²) in [6.45, 7) is 0. The Labute approximate surface area is 321 Å². The Hall–Kier alpha value is -5.93. The van der Waals surface area contributed by atoms with Crippen molar-refractivity contribution >= 4 is 65.5 Å². The van der Waals surface area contributed by atoms with Crippen LogP contribution in [0.4, 0.5) is 4.39 Å². The first-order valence-electron chi connectivity index (χ1n) is 16.5. The molecule has 8 rings (SSSR count). The summed E-state index contributed by atoms with van der Waals surface area (Å²) in [5.41, 5.74) is 12.9. The van der Waals surface area contributed by atoms with E-state index in [1.54, 1.807) is 18.7 Å². The molecule has 0 bridgehead atoms. The number of esters is 1. The second-order valence-electron chi connectivity index (χ2n) is 11.5. The van der Waals surface area contributed by atoms with Crippen LogP contribution in [0.2, 0.25) is 0 Å². The topological polar surface area (TPSA) is 141 Å². The number of primary amides is 1. The number of hydrogen-bond acceptors (Lipinski definition) is 7. The maximum atomic E-state index is 12.3. The van der Waals surface area contributed by atoms with Gasteiger partial charge in [-0.2, -0.15) is 20.4 Å². The number of rotatable bonds is 6. The van der Waals surface area contributed by atoms with Crippen LogP contribution in [0.1, 0.15) is 22.3 Å². The minimum absolute atomic E-state index is 0.243. The lowest BCUT2D eigenvalue weighted by molar-refractivity contribution is 0.0595. The quantitative estimate of drug-likeness (QED) is 0.168. The summed E-state index contributed by atoms with van der Waals surface area (Å²) in [5, 5.41) is 19.2. The van der Waals surface area contributed by atoms with E-state index in [1.165, 1.54) is 7.11 Å². The van der Waals surface area contributed by atoms with Gasteiger partial charge in [-0.25, -0.2) is 14.2 Å².